The maximum Gasteiger partial charge on any atom is 0.255 e. The fraction of sp³-hybridized carbons (Fsp3) is 0.538. The lowest BCUT2D eigenvalue weighted by molar-refractivity contribution is 0.0723. The molecule has 2 aromatic heterocycles. The van der Waals surface area contributed by atoms with Crippen LogP contribution in [0.1, 0.15) is 59.7 Å². The summed E-state index contributed by atoms with van der Waals surface area (Å²) < 4.78 is 6.74. The number of pyridine rings is 2. The highest BCUT2D eigenvalue weighted by Gasteiger charge is 2.24. The highest BCUT2D eigenvalue weighted by Crippen LogP contribution is 2.32. The lowest BCUT2D eigenvalue weighted by Crippen LogP contribution is -2.36. The summed E-state index contributed by atoms with van der Waals surface area (Å²) in [7, 11) is 3.34. The molecule has 2 aliphatic rings. The number of hydrogen-bond acceptors (Lipinski definition) is 6. The van der Waals surface area contributed by atoms with Gasteiger partial charge in [-0.15, -0.1) is 0 Å². The van der Waals surface area contributed by atoms with Gasteiger partial charge in [0.05, 0.1) is 5.56 Å². The summed E-state index contributed by atoms with van der Waals surface area (Å²) in [6.07, 6.45) is 9.38. The molecule has 1 saturated heterocycles. The first-order valence-electron chi connectivity index (χ1n) is 12.3. The summed E-state index contributed by atoms with van der Waals surface area (Å²) in [4.78, 5) is 39.1. The van der Waals surface area contributed by atoms with Gasteiger partial charge in [-0.1, -0.05) is 6.92 Å². The van der Waals surface area contributed by atoms with Crippen LogP contribution in [0.2, 0.25) is 0 Å². The van der Waals surface area contributed by atoms with Crippen LogP contribution in [0.4, 0.5) is 11.5 Å². The highest BCUT2D eigenvalue weighted by atomic mass is 16.5. The van der Waals surface area contributed by atoms with Gasteiger partial charge in [0.1, 0.15) is 11.3 Å². The zero-order valence-electron chi connectivity index (χ0n) is 20.5. The van der Waals surface area contributed by atoms with Crippen molar-refractivity contribution in [1.29, 1.82) is 0 Å². The number of carbonyl (C=O) groups is 2. The molecule has 1 amide bonds. The van der Waals surface area contributed by atoms with Gasteiger partial charge in [0.25, 0.3) is 5.91 Å². The maximum absolute atomic E-state index is 13.0. The monoisotopic (exact) mass is 465 g/mol. The summed E-state index contributed by atoms with van der Waals surface area (Å²) in [5.41, 5.74) is 3.31. The molecule has 1 unspecified atom stereocenters. The Kier molecular flexibility index (Phi) is 7.77. The topological polar surface area (TPSA) is 80.0 Å². The fourth-order valence-corrected chi connectivity index (χ4v) is 4.77. The molecule has 0 aromatic carbocycles. The number of rotatable bonds is 6. The van der Waals surface area contributed by atoms with Gasteiger partial charge in [-0.25, -0.2) is 4.98 Å². The van der Waals surface area contributed by atoms with Gasteiger partial charge in [-0.3, -0.25) is 19.1 Å². The number of piperidine rings is 1. The number of carbonyl (C=O) groups excluding carboxylic acids is 2. The van der Waals surface area contributed by atoms with Crippen LogP contribution >= 0.6 is 0 Å². The molecule has 0 spiro atoms. The summed E-state index contributed by atoms with van der Waals surface area (Å²) in [5, 5.41) is 0. The first-order valence-corrected chi connectivity index (χ1v) is 12.3. The molecular weight excluding hydrogens is 430 g/mol. The Labute approximate surface area is 201 Å². The minimum Gasteiger partial charge on any atom is -0.385 e. The second-order valence-corrected chi connectivity index (χ2v) is 9.17. The molecule has 8 heteroatoms. The molecule has 182 valence electrons. The Bertz CT molecular complexity index is 1100. The van der Waals surface area contributed by atoms with Crippen molar-refractivity contribution in [2.24, 2.45) is 10.9 Å². The molecule has 4 heterocycles. The predicted octanol–water partition coefficient (Wildman–Crippen LogP) is 3.44. The first-order chi connectivity index (χ1) is 16.5. The summed E-state index contributed by atoms with van der Waals surface area (Å²) >= 11 is 0. The number of aromatic nitrogens is 2. The van der Waals surface area contributed by atoms with Crippen LogP contribution in [0.15, 0.2) is 35.6 Å². The number of anilines is 2. The molecule has 0 saturated carbocycles. The van der Waals surface area contributed by atoms with Crippen LogP contribution in [0.5, 0.6) is 0 Å². The third kappa shape index (κ3) is 5.06. The predicted molar refractivity (Wildman–Crippen MR) is 132 cm³/mol. The van der Waals surface area contributed by atoms with Crippen LogP contribution < -0.4 is 10.4 Å². The van der Waals surface area contributed by atoms with Crippen LogP contribution in [0.25, 0.3) is 0 Å². The van der Waals surface area contributed by atoms with Gasteiger partial charge >= 0.3 is 0 Å². The lowest BCUT2D eigenvalue weighted by Gasteiger charge is -2.31. The zero-order valence-corrected chi connectivity index (χ0v) is 20.5. The molecule has 4 rings (SSSR count). The van der Waals surface area contributed by atoms with E-state index in [1.54, 1.807) is 31.1 Å². The van der Waals surface area contributed by atoms with E-state index >= 15 is 0 Å². The van der Waals surface area contributed by atoms with Crippen LogP contribution in [0, 0.1) is 5.92 Å². The van der Waals surface area contributed by atoms with E-state index in [1.807, 2.05) is 30.0 Å². The molecule has 0 N–H and O–H groups in total. The molecular formula is C26H35N5O3. The zero-order chi connectivity index (χ0) is 24.1. The van der Waals surface area contributed by atoms with Gasteiger partial charge in [-0.2, -0.15) is 0 Å². The first kappa shape index (κ1) is 24.1. The Hall–Kier alpha value is -3.00. The Morgan fingerprint density at radius 2 is 1.94 bits per heavy atom. The lowest BCUT2D eigenvalue weighted by atomic mass is 10.0. The van der Waals surface area contributed by atoms with Crippen molar-refractivity contribution in [3.05, 3.63) is 47.2 Å². The number of fused-ring (bicyclic) bond motifs is 1. The van der Waals surface area contributed by atoms with Gasteiger partial charge in [0, 0.05) is 70.5 Å². The van der Waals surface area contributed by atoms with E-state index in [0.29, 0.717) is 24.1 Å². The van der Waals surface area contributed by atoms with Gasteiger partial charge in [-0.05, 0) is 56.2 Å². The van der Waals surface area contributed by atoms with Gasteiger partial charge < -0.3 is 14.5 Å². The molecule has 0 aliphatic carbocycles. The molecule has 0 radical (unpaired) electrons. The van der Waals surface area contributed by atoms with Crippen molar-refractivity contribution in [3.8, 4) is 0 Å². The van der Waals surface area contributed by atoms with E-state index in [4.69, 9.17) is 9.72 Å². The number of ether oxygens (including phenoxy) is 1. The Balaban J connectivity index is 1.59. The number of aryl methyl sites for hydroxylation is 1. The Morgan fingerprint density at radius 3 is 2.68 bits per heavy atom. The molecule has 2 aromatic rings. The van der Waals surface area contributed by atoms with E-state index in [0.717, 1.165) is 62.4 Å². The van der Waals surface area contributed by atoms with Crippen molar-refractivity contribution in [2.45, 2.75) is 45.4 Å². The van der Waals surface area contributed by atoms with Crippen molar-refractivity contribution in [1.82, 2.24) is 14.5 Å². The molecule has 1 atom stereocenters. The summed E-state index contributed by atoms with van der Waals surface area (Å²) in [6, 6.07) is 5.89. The van der Waals surface area contributed by atoms with E-state index < -0.39 is 0 Å². The number of amides is 1. The SMILES string of the molecule is CN=c1cc(N2CCCc3cc(C(=O)N4CCCCC4)cnc32)ccn1C(=O)C(C)CCOC. The average molecular weight is 466 g/mol. The van der Waals surface area contributed by atoms with E-state index in [2.05, 4.69) is 9.89 Å². The quantitative estimate of drug-likeness (QED) is 0.653. The largest absolute Gasteiger partial charge is 0.385 e. The number of methoxy groups -OCH3 is 1. The Morgan fingerprint density at radius 1 is 1.15 bits per heavy atom. The van der Waals surface area contributed by atoms with Crippen molar-refractivity contribution < 1.29 is 14.3 Å². The number of nitrogens with zero attached hydrogens (tertiary/aromatic N) is 5. The summed E-state index contributed by atoms with van der Waals surface area (Å²) in [6.45, 7) is 4.94. The molecule has 2 aliphatic heterocycles. The summed E-state index contributed by atoms with van der Waals surface area (Å²) in [5.74, 6) is 0.800. The third-order valence-corrected chi connectivity index (χ3v) is 6.79. The van der Waals surface area contributed by atoms with Crippen LogP contribution in [-0.2, 0) is 11.2 Å². The standard InChI is InChI=1S/C26H35N5O3/c1-19(10-15-34-3)25(32)31-14-9-22(17-23(31)27-2)30-13-7-8-20-16-21(18-28-24(20)30)26(33)29-11-5-4-6-12-29/h9,14,16-19H,4-8,10-13,15H2,1-3H3. The van der Waals surface area contributed by atoms with E-state index in [-0.39, 0.29) is 17.7 Å². The van der Waals surface area contributed by atoms with Crippen molar-refractivity contribution in [2.75, 3.05) is 45.3 Å². The minimum absolute atomic E-state index is 0.00207. The van der Waals surface area contributed by atoms with E-state index in [1.165, 1.54) is 6.42 Å². The van der Waals surface area contributed by atoms with Crippen LogP contribution in [0.3, 0.4) is 0 Å². The maximum atomic E-state index is 13.0. The second-order valence-electron chi connectivity index (χ2n) is 9.17. The second kappa shape index (κ2) is 11.0. The van der Waals surface area contributed by atoms with Crippen molar-refractivity contribution in [3.63, 3.8) is 0 Å². The highest BCUT2D eigenvalue weighted by molar-refractivity contribution is 5.94. The third-order valence-electron chi connectivity index (χ3n) is 6.79. The molecule has 0 bridgehead atoms. The van der Waals surface area contributed by atoms with Crippen LogP contribution in [-0.4, -0.2) is 66.7 Å². The normalized spacial score (nSPS) is 17.4. The number of likely N-dealkylation sites (tertiary alicyclic amines) is 1. The fourth-order valence-electron chi connectivity index (χ4n) is 4.77. The molecule has 8 nitrogen and oxygen atoms in total. The van der Waals surface area contributed by atoms with Gasteiger partial charge in [0.2, 0.25) is 5.91 Å². The number of hydrogen-bond donors (Lipinski definition) is 0. The minimum atomic E-state index is -0.162. The van der Waals surface area contributed by atoms with E-state index in [9.17, 15) is 9.59 Å². The smallest absolute Gasteiger partial charge is 0.255 e. The van der Waals surface area contributed by atoms with Crippen molar-refractivity contribution >= 4 is 23.3 Å². The average Bonchev–Trinajstić information content (AvgIpc) is 2.90. The molecule has 34 heavy (non-hydrogen) atoms. The molecule has 1 fully saturated rings. The van der Waals surface area contributed by atoms with Gasteiger partial charge in [0.15, 0.2) is 0 Å².